The molecule has 0 amide bonds. The first-order chi connectivity index (χ1) is 7.63. The first-order valence-corrected chi connectivity index (χ1v) is 5.30. The van der Waals surface area contributed by atoms with Gasteiger partial charge in [-0.15, -0.1) is 5.06 Å². The van der Waals surface area contributed by atoms with E-state index in [4.69, 9.17) is 4.84 Å². The molecule has 1 rings (SSSR count). The second-order valence-electron chi connectivity index (χ2n) is 3.60. The van der Waals surface area contributed by atoms with Crippen molar-refractivity contribution in [3.63, 3.8) is 0 Å². The van der Waals surface area contributed by atoms with Crippen LogP contribution < -0.4 is 0 Å². The smallest absolute Gasteiger partial charge is 0.352 e. The molecule has 0 atom stereocenters. The standard InChI is InChI=1S/C13H17NO2/c1-4-14(16-13(15)11(2)3)10-12-8-6-5-7-9-12/h5-9H,2,4,10H2,1,3H3. The molecule has 0 aliphatic rings. The number of hydrogen-bond donors (Lipinski definition) is 0. The molecule has 0 aliphatic carbocycles. The predicted molar refractivity (Wildman–Crippen MR) is 63.4 cm³/mol. The summed E-state index contributed by atoms with van der Waals surface area (Å²) in [5, 5.41) is 1.62. The summed E-state index contributed by atoms with van der Waals surface area (Å²) in [5.74, 6) is -0.377. The Hall–Kier alpha value is -1.61. The van der Waals surface area contributed by atoms with Gasteiger partial charge in [0.2, 0.25) is 0 Å². The van der Waals surface area contributed by atoms with Gasteiger partial charge in [0.05, 0.1) is 6.54 Å². The van der Waals surface area contributed by atoms with E-state index in [1.54, 1.807) is 12.0 Å². The van der Waals surface area contributed by atoms with Gasteiger partial charge >= 0.3 is 5.97 Å². The number of nitrogens with zero attached hydrogens (tertiary/aromatic N) is 1. The van der Waals surface area contributed by atoms with E-state index in [9.17, 15) is 4.79 Å². The largest absolute Gasteiger partial charge is 0.364 e. The van der Waals surface area contributed by atoms with E-state index in [-0.39, 0.29) is 5.97 Å². The number of hydroxylamine groups is 2. The molecule has 1 aromatic carbocycles. The molecule has 0 unspecified atom stereocenters. The van der Waals surface area contributed by atoms with Crippen molar-refractivity contribution in [3.8, 4) is 0 Å². The lowest BCUT2D eigenvalue weighted by atomic mass is 10.2. The highest BCUT2D eigenvalue weighted by molar-refractivity contribution is 5.86. The van der Waals surface area contributed by atoms with Gasteiger partial charge in [-0.05, 0) is 19.4 Å². The summed E-state index contributed by atoms with van der Waals surface area (Å²) >= 11 is 0. The second-order valence-corrected chi connectivity index (χ2v) is 3.60. The van der Waals surface area contributed by atoms with Crippen LogP contribution in [0.3, 0.4) is 0 Å². The molecule has 0 radical (unpaired) electrons. The van der Waals surface area contributed by atoms with Gasteiger partial charge in [0.25, 0.3) is 0 Å². The van der Waals surface area contributed by atoms with Crippen molar-refractivity contribution in [1.82, 2.24) is 5.06 Å². The molecule has 3 nitrogen and oxygen atoms in total. The number of benzene rings is 1. The van der Waals surface area contributed by atoms with Crippen LogP contribution in [-0.2, 0) is 16.2 Å². The minimum atomic E-state index is -0.377. The third-order valence-corrected chi connectivity index (χ3v) is 2.11. The molecular weight excluding hydrogens is 202 g/mol. The highest BCUT2D eigenvalue weighted by Crippen LogP contribution is 2.06. The molecule has 0 aromatic heterocycles. The summed E-state index contributed by atoms with van der Waals surface area (Å²) < 4.78 is 0. The van der Waals surface area contributed by atoms with Crippen molar-refractivity contribution in [3.05, 3.63) is 48.0 Å². The van der Waals surface area contributed by atoms with Crippen molar-refractivity contribution in [2.45, 2.75) is 20.4 Å². The zero-order valence-corrected chi connectivity index (χ0v) is 9.77. The van der Waals surface area contributed by atoms with Gasteiger partial charge < -0.3 is 4.84 Å². The summed E-state index contributed by atoms with van der Waals surface area (Å²) in [4.78, 5) is 16.5. The van der Waals surface area contributed by atoms with Crippen LogP contribution >= 0.6 is 0 Å². The Morgan fingerprint density at radius 1 is 1.38 bits per heavy atom. The molecule has 3 heteroatoms. The van der Waals surface area contributed by atoms with Crippen LogP contribution in [0.5, 0.6) is 0 Å². The molecule has 0 heterocycles. The van der Waals surface area contributed by atoms with Crippen molar-refractivity contribution in [1.29, 1.82) is 0 Å². The fourth-order valence-corrected chi connectivity index (χ4v) is 1.19. The molecular formula is C13H17NO2. The Morgan fingerprint density at radius 3 is 2.50 bits per heavy atom. The highest BCUT2D eigenvalue weighted by atomic mass is 16.7. The van der Waals surface area contributed by atoms with Gasteiger partial charge in [0, 0.05) is 12.1 Å². The summed E-state index contributed by atoms with van der Waals surface area (Å²) in [6, 6.07) is 9.88. The molecule has 0 saturated carbocycles. The van der Waals surface area contributed by atoms with E-state index < -0.39 is 0 Å². The van der Waals surface area contributed by atoms with Crippen LogP contribution in [0.1, 0.15) is 19.4 Å². The van der Waals surface area contributed by atoms with E-state index in [2.05, 4.69) is 6.58 Å². The highest BCUT2D eigenvalue weighted by Gasteiger charge is 2.10. The molecule has 0 bridgehead atoms. The lowest BCUT2D eigenvalue weighted by Gasteiger charge is -2.19. The lowest BCUT2D eigenvalue weighted by Crippen LogP contribution is -2.27. The van der Waals surface area contributed by atoms with Crippen LogP contribution in [0.4, 0.5) is 0 Å². The minimum Gasteiger partial charge on any atom is -0.364 e. The average molecular weight is 219 g/mol. The Bertz CT molecular complexity index is 359. The Kier molecular flexibility index (Phi) is 4.73. The molecule has 16 heavy (non-hydrogen) atoms. The molecule has 86 valence electrons. The summed E-state index contributed by atoms with van der Waals surface area (Å²) in [5.41, 5.74) is 1.52. The van der Waals surface area contributed by atoms with Crippen molar-refractivity contribution < 1.29 is 9.63 Å². The molecule has 0 N–H and O–H groups in total. The van der Waals surface area contributed by atoms with E-state index in [0.717, 1.165) is 5.56 Å². The van der Waals surface area contributed by atoms with Crippen LogP contribution in [0.15, 0.2) is 42.5 Å². The summed E-state index contributed by atoms with van der Waals surface area (Å²) in [6.45, 7) is 8.37. The van der Waals surface area contributed by atoms with Crippen LogP contribution in [0.25, 0.3) is 0 Å². The number of carbonyl (C=O) groups excluding carboxylic acids is 1. The van der Waals surface area contributed by atoms with Crippen LogP contribution in [-0.4, -0.2) is 17.6 Å². The van der Waals surface area contributed by atoms with Gasteiger partial charge in [0.15, 0.2) is 0 Å². The molecule has 0 aliphatic heterocycles. The van der Waals surface area contributed by atoms with Gasteiger partial charge in [-0.2, -0.15) is 0 Å². The number of rotatable bonds is 5. The zero-order valence-electron chi connectivity index (χ0n) is 9.77. The van der Waals surface area contributed by atoms with Gasteiger partial charge in [-0.25, -0.2) is 4.79 Å². The molecule has 0 saturated heterocycles. The Balaban J connectivity index is 2.56. The summed E-state index contributed by atoms with van der Waals surface area (Å²) in [6.07, 6.45) is 0. The first-order valence-electron chi connectivity index (χ1n) is 5.30. The van der Waals surface area contributed by atoms with Gasteiger partial charge in [-0.3, -0.25) is 0 Å². The maximum atomic E-state index is 11.3. The van der Waals surface area contributed by atoms with Crippen molar-refractivity contribution in [2.75, 3.05) is 6.54 Å². The maximum absolute atomic E-state index is 11.3. The molecule has 0 fully saturated rings. The average Bonchev–Trinajstić information content (AvgIpc) is 2.29. The van der Waals surface area contributed by atoms with Crippen LogP contribution in [0.2, 0.25) is 0 Å². The topological polar surface area (TPSA) is 29.5 Å². The van der Waals surface area contributed by atoms with Crippen molar-refractivity contribution >= 4 is 5.97 Å². The normalized spacial score (nSPS) is 10.2. The maximum Gasteiger partial charge on any atom is 0.352 e. The molecule has 0 spiro atoms. The van der Waals surface area contributed by atoms with Crippen molar-refractivity contribution in [2.24, 2.45) is 0 Å². The Labute approximate surface area is 96.3 Å². The Morgan fingerprint density at radius 2 is 2.00 bits per heavy atom. The quantitative estimate of drug-likeness (QED) is 0.563. The lowest BCUT2D eigenvalue weighted by molar-refractivity contribution is -0.187. The van der Waals surface area contributed by atoms with Crippen LogP contribution in [0, 0.1) is 0 Å². The monoisotopic (exact) mass is 219 g/mol. The number of hydrogen-bond acceptors (Lipinski definition) is 3. The first kappa shape index (κ1) is 12.5. The van der Waals surface area contributed by atoms with E-state index in [0.29, 0.717) is 18.7 Å². The van der Waals surface area contributed by atoms with E-state index in [1.165, 1.54) is 0 Å². The number of carbonyl (C=O) groups is 1. The third kappa shape index (κ3) is 3.87. The van der Waals surface area contributed by atoms with Gasteiger partial charge in [-0.1, -0.05) is 36.9 Å². The fourth-order valence-electron chi connectivity index (χ4n) is 1.19. The SMILES string of the molecule is C=C(C)C(=O)ON(CC)Cc1ccccc1. The predicted octanol–water partition coefficient (Wildman–Crippen LogP) is 2.54. The van der Waals surface area contributed by atoms with E-state index >= 15 is 0 Å². The minimum absolute atomic E-state index is 0.377. The van der Waals surface area contributed by atoms with E-state index in [1.807, 2.05) is 37.3 Å². The summed E-state index contributed by atoms with van der Waals surface area (Å²) in [7, 11) is 0. The zero-order chi connectivity index (χ0) is 12.0. The second kappa shape index (κ2) is 6.08. The van der Waals surface area contributed by atoms with Gasteiger partial charge in [0.1, 0.15) is 0 Å². The molecule has 1 aromatic rings. The third-order valence-electron chi connectivity index (χ3n) is 2.11. The fraction of sp³-hybridized carbons (Fsp3) is 0.308.